The Balaban J connectivity index is 1.53. The summed E-state index contributed by atoms with van der Waals surface area (Å²) in [7, 11) is 1.29. The van der Waals surface area contributed by atoms with Gasteiger partial charge in [-0.1, -0.05) is 0 Å². The van der Waals surface area contributed by atoms with Crippen LogP contribution in [-0.2, 0) is 14.3 Å². The van der Waals surface area contributed by atoms with Crippen molar-refractivity contribution >= 4 is 23.6 Å². The van der Waals surface area contributed by atoms with Crippen LogP contribution in [0.2, 0.25) is 0 Å². The standard InChI is InChI=1S/C17H21NO6S/c1-22-17(21)13-8-11(19)10-18(13)16(20)4-7-25-12-2-3-14-15(9-12)24-6-5-23-14/h2-3,9,11,13,19H,4-8,10H2,1H3/t11-,13+/m1/s1. The first-order chi connectivity index (χ1) is 12.1. The molecule has 1 aromatic carbocycles. The van der Waals surface area contributed by atoms with E-state index < -0.39 is 18.1 Å². The molecule has 0 bridgehead atoms. The highest BCUT2D eigenvalue weighted by atomic mass is 32.2. The van der Waals surface area contributed by atoms with Gasteiger partial charge in [-0.2, -0.15) is 0 Å². The molecule has 0 spiro atoms. The van der Waals surface area contributed by atoms with E-state index in [-0.39, 0.29) is 25.3 Å². The summed E-state index contributed by atoms with van der Waals surface area (Å²) in [6.07, 6.45) is -0.175. The summed E-state index contributed by atoms with van der Waals surface area (Å²) in [5, 5.41) is 9.75. The Morgan fingerprint density at radius 1 is 1.32 bits per heavy atom. The highest BCUT2D eigenvalue weighted by Gasteiger charge is 2.39. The summed E-state index contributed by atoms with van der Waals surface area (Å²) in [5.74, 6) is 1.38. The molecule has 1 saturated heterocycles. The number of carbonyl (C=O) groups is 2. The fourth-order valence-electron chi connectivity index (χ4n) is 2.96. The number of methoxy groups -OCH3 is 1. The number of likely N-dealkylation sites (tertiary alicyclic amines) is 1. The van der Waals surface area contributed by atoms with E-state index in [2.05, 4.69) is 0 Å². The molecule has 1 amide bonds. The number of β-amino-alcohol motifs (C(OH)–C–C–N with tert-alkyl or cyclic N) is 1. The molecular weight excluding hydrogens is 346 g/mol. The minimum Gasteiger partial charge on any atom is -0.486 e. The van der Waals surface area contributed by atoms with Crippen LogP contribution >= 0.6 is 11.8 Å². The molecule has 8 heteroatoms. The first-order valence-electron chi connectivity index (χ1n) is 8.16. The van der Waals surface area contributed by atoms with Crippen LogP contribution in [0.25, 0.3) is 0 Å². The third-order valence-corrected chi connectivity index (χ3v) is 5.17. The number of thioether (sulfide) groups is 1. The molecule has 0 saturated carbocycles. The van der Waals surface area contributed by atoms with Crippen LogP contribution in [0, 0.1) is 0 Å². The molecule has 0 radical (unpaired) electrons. The van der Waals surface area contributed by atoms with Crippen LogP contribution in [0.15, 0.2) is 23.1 Å². The van der Waals surface area contributed by atoms with E-state index in [1.807, 2.05) is 18.2 Å². The van der Waals surface area contributed by atoms with Crippen molar-refractivity contribution < 1.29 is 28.9 Å². The van der Waals surface area contributed by atoms with Crippen LogP contribution < -0.4 is 9.47 Å². The Morgan fingerprint density at radius 2 is 2.08 bits per heavy atom. The summed E-state index contributed by atoms with van der Waals surface area (Å²) in [4.78, 5) is 26.5. The number of rotatable bonds is 5. The largest absolute Gasteiger partial charge is 0.486 e. The maximum atomic E-state index is 12.4. The highest BCUT2D eigenvalue weighted by molar-refractivity contribution is 7.99. The molecule has 7 nitrogen and oxygen atoms in total. The first-order valence-corrected chi connectivity index (χ1v) is 9.15. The van der Waals surface area contributed by atoms with Crippen LogP contribution in [0.1, 0.15) is 12.8 Å². The normalized spacial score (nSPS) is 21.9. The van der Waals surface area contributed by atoms with Gasteiger partial charge in [-0.25, -0.2) is 4.79 Å². The number of hydrogen-bond acceptors (Lipinski definition) is 7. The van der Waals surface area contributed by atoms with Crippen molar-refractivity contribution in [2.24, 2.45) is 0 Å². The van der Waals surface area contributed by atoms with E-state index in [1.54, 1.807) is 0 Å². The Kier molecular flexibility index (Phi) is 5.70. The number of fused-ring (bicyclic) bond motifs is 1. The molecule has 0 aliphatic carbocycles. The van der Waals surface area contributed by atoms with Gasteiger partial charge in [0.2, 0.25) is 5.91 Å². The third-order valence-electron chi connectivity index (χ3n) is 4.17. The number of amides is 1. The van der Waals surface area contributed by atoms with Gasteiger partial charge in [0.15, 0.2) is 11.5 Å². The van der Waals surface area contributed by atoms with Crippen LogP contribution in [-0.4, -0.2) is 66.6 Å². The van der Waals surface area contributed by atoms with Crippen molar-refractivity contribution in [1.29, 1.82) is 0 Å². The molecule has 2 aliphatic heterocycles. The van der Waals surface area contributed by atoms with Gasteiger partial charge < -0.3 is 24.2 Å². The predicted molar refractivity (Wildman–Crippen MR) is 90.9 cm³/mol. The Labute approximate surface area is 150 Å². The number of aliphatic hydroxyl groups excluding tert-OH is 1. The van der Waals surface area contributed by atoms with Gasteiger partial charge in [0.1, 0.15) is 19.3 Å². The van der Waals surface area contributed by atoms with Crippen molar-refractivity contribution in [2.75, 3.05) is 32.6 Å². The zero-order chi connectivity index (χ0) is 17.8. The second-order valence-electron chi connectivity index (χ2n) is 5.88. The lowest BCUT2D eigenvalue weighted by Crippen LogP contribution is -2.41. The van der Waals surface area contributed by atoms with Crippen molar-refractivity contribution in [3.05, 3.63) is 18.2 Å². The van der Waals surface area contributed by atoms with E-state index in [4.69, 9.17) is 14.2 Å². The molecule has 25 heavy (non-hydrogen) atoms. The zero-order valence-electron chi connectivity index (χ0n) is 14.0. The molecule has 1 aromatic rings. The summed E-state index contributed by atoms with van der Waals surface area (Å²) in [6.45, 7) is 1.26. The lowest BCUT2D eigenvalue weighted by atomic mass is 10.2. The van der Waals surface area contributed by atoms with Crippen LogP contribution in [0.5, 0.6) is 11.5 Å². The van der Waals surface area contributed by atoms with Gasteiger partial charge in [-0.15, -0.1) is 11.8 Å². The maximum absolute atomic E-state index is 12.4. The molecule has 1 N–H and O–H groups in total. The zero-order valence-corrected chi connectivity index (χ0v) is 14.8. The van der Waals surface area contributed by atoms with E-state index in [9.17, 15) is 14.7 Å². The number of benzene rings is 1. The number of hydrogen-bond donors (Lipinski definition) is 1. The van der Waals surface area contributed by atoms with Gasteiger partial charge >= 0.3 is 5.97 Å². The summed E-state index contributed by atoms with van der Waals surface area (Å²) >= 11 is 1.53. The first kappa shape index (κ1) is 17.9. The van der Waals surface area contributed by atoms with E-state index in [0.29, 0.717) is 19.0 Å². The third kappa shape index (κ3) is 4.19. The van der Waals surface area contributed by atoms with Crippen molar-refractivity contribution in [2.45, 2.75) is 29.9 Å². The molecule has 2 heterocycles. The van der Waals surface area contributed by atoms with Crippen molar-refractivity contribution in [1.82, 2.24) is 4.90 Å². The summed E-state index contributed by atoms with van der Waals surface area (Å²) in [6, 6.07) is 5.01. The smallest absolute Gasteiger partial charge is 0.328 e. The predicted octanol–water partition coefficient (Wildman–Crippen LogP) is 1.07. The van der Waals surface area contributed by atoms with Gasteiger partial charge in [-0.3, -0.25) is 4.79 Å². The minimum atomic E-state index is -0.688. The number of carbonyl (C=O) groups excluding carboxylic acids is 2. The van der Waals surface area contributed by atoms with Crippen molar-refractivity contribution in [3.63, 3.8) is 0 Å². The fraction of sp³-hybridized carbons (Fsp3) is 0.529. The second kappa shape index (κ2) is 7.97. The Bertz CT molecular complexity index is 652. The molecule has 0 unspecified atom stereocenters. The van der Waals surface area contributed by atoms with E-state index >= 15 is 0 Å². The lowest BCUT2D eigenvalue weighted by Gasteiger charge is -2.22. The average molecular weight is 367 g/mol. The van der Waals surface area contributed by atoms with Crippen molar-refractivity contribution in [3.8, 4) is 11.5 Å². The van der Waals surface area contributed by atoms with Gasteiger partial charge in [-0.05, 0) is 18.2 Å². The molecule has 1 fully saturated rings. The molecule has 2 atom stereocenters. The van der Waals surface area contributed by atoms with Crippen LogP contribution in [0.3, 0.4) is 0 Å². The molecule has 2 aliphatic rings. The van der Waals surface area contributed by atoms with Gasteiger partial charge in [0.25, 0.3) is 0 Å². The quantitative estimate of drug-likeness (QED) is 0.615. The fourth-order valence-corrected chi connectivity index (χ4v) is 3.83. The second-order valence-corrected chi connectivity index (χ2v) is 7.05. The monoisotopic (exact) mass is 367 g/mol. The lowest BCUT2D eigenvalue weighted by molar-refractivity contribution is -0.150. The van der Waals surface area contributed by atoms with Gasteiger partial charge in [0.05, 0.1) is 13.2 Å². The highest BCUT2D eigenvalue weighted by Crippen LogP contribution is 2.34. The molecule has 0 aromatic heterocycles. The Hall–Kier alpha value is -1.93. The summed E-state index contributed by atoms with van der Waals surface area (Å²) < 4.78 is 15.7. The number of nitrogens with zero attached hydrogens (tertiary/aromatic N) is 1. The molecule has 136 valence electrons. The number of ether oxygens (including phenoxy) is 3. The van der Waals surface area contributed by atoms with Crippen LogP contribution in [0.4, 0.5) is 0 Å². The topological polar surface area (TPSA) is 85.3 Å². The maximum Gasteiger partial charge on any atom is 0.328 e. The number of aliphatic hydroxyl groups is 1. The minimum absolute atomic E-state index is 0.156. The molecule has 3 rings (SSSR count). The molecular formula is C17H21NO6S. The average Bonchev–Trinajstić information content (AvgIpc) is 3.03. The Morgan fingerprint density at radius 3 is 2.84 bits per heavy atom. The SMILES string of the molecule is COC(=O)[C@@H]1C[C@@H](O)CN1C(=O)CCSc1ccc2c(c1)OCCO2. The summed E-state index contributed by atoms with van der Waals surface area (Å²) in [5.41, 5.74) is 0. The van der Waals surface area contributed by atoms with E-state index in [1.165, 1.54) is 23.8 Å². The number of esters is 1. The van der Waals surface area contributed by atoms with E-state index in [0.717, 1.165) is 16.4 Å². The van der Waals surface area contributed by atoms with Gasteiger partial charge in [0, 0.05) is 30.0 Å².